The van der Waals surface area contributed by atoms with E-state index in [4.69, 9.17) is 16.7 Å². The lowest BCUT2D eigenvalue weighted by Gasteiger charge is -2.19. The molecule has 0 aliphatic carbocycles. The Morgan fingerprint density at radius 3 is 2.75 bits per heavy atom. The van der Waals surface area contributed by atoms with Crippen molar-refractivity contribution in [3.8, 4) is 0 Å². The van der Waals surface area contributed by atoms with Gasteiger partial charge in [0.1, 0.15) is 0 Å². The minimum absolute atomic E-state index is 0.107. The zero-order chi connectivity index (χ0) is 15.0. The van der Waals surface area contributed by atoms with Crippen LogP contribution in [0.2, 0.25) is 5.02 Å². The summed E-state index contributed by atoms with van der Waals surface area (Å²) in [5, 5.41) is 16.3. The quantitative estimate of drug-likeness (QED) is 0.559. The van der Waals surface area contributed by atoms with Crippen molar-refractivity contribution < 1.29 is 5.11 Å². The maximum atomic E-state index is 9.04. The van der Waals surface area contributed by atoms with E-state index in [9.17, 15) is 0 Å². The van der Waals surface area contributed by atoms with Crippen LogP contribution in [0.5, 0.6) is 0 Å². The van der Waals surface area contributed by atoms with Crippen LogP contribution in [0.3, 0.4) is 0 Å². The van der Waals surface area contributed by atoms with E-state index in [0.717, 1.165) is 23.1 Å². The lowest BCUT2D eigenvalue weighted by atomic mass is 10.1. The highest BCUT2D eigenvalue weighted by Crippen LogP contribution is 2.17. The first-order valence-electron chi connectivity index (χ1n) is 6.98. The third-order valence-electron chi connectivity index (χ3n) is 2.92. The molecule has 2 atom stereocenters. The summed E-state index contributed by atoms with van der Waals surface area (Å²) >= 11 is 6.01. The highest BCUT2D eigenvalue weighted by Gasteiger charge is 2.08. The molecule has 0 aromatic heterocycles. The van der Waals surface area contributed by atoms with Gasteiger partial charge in [0.15, 0.2) is 5.96 Å². The fraction of sp³-hybridized carbons (Fsp3) is 0.533. The summed E-state index contributed by atoms with van der Waals surface area (Å²) < 4.78 is 0. The summed E-state index contributed by atoms with van der Waals surface area (Å²) in [5.41, 5.74) is 1.11. The topological polar surface area (TPSA) is 56.7 Å². The molecule has 0 spiro atoms. The smallest absolute Gasteiger partial charge is 0.191 e. The predicted octanol–water partition coefficient (Wildman–Crippen LogP) is 2.58. The third kappa shape index (κ3) is 5.80. The minimum atomic E-state index is 0.107. The van der Waals surface area contributed by atoms with Crippen LogP contribution in [0.15, 0.2) is 29.3 Å². The van der Waals surface area contributed by atoms with Crippen LogP contribution in [0.1, 0.15) is 32.4 Å². The molecular formula is C15H24ClN3O. The lowest BCUT2D eigenvalue weighted by Crippen LogP contribution is -2.39. The Morgan fingerprint density at radius 2 is 2.15 bits per heavy atom. The molecule has 0 radical (unpaired) electrons. The first-order chi connectivity index (χ1) is 9.56. The van der Waals surface area contributed by atoms with Crippen LogP contribution in [0.25, 0.3) is 0 Å². The van der Waals surface area contributed by atoms with Crippen molar-refractivity contribution in [2.24, 2.45) is 10.9 Å². The number of nitrogens with zero attached hydrogens (tertiary/aromatic N) is 1. The van der Waals surface area contributed by atoms with E-state index >= 15 is 0 Å². The van der Waals surface area contributed by atoms with E-state index in [1.807, 2.05) is 38.1 Å². The van der Waals surface area contributed by atoms with Gasteiger partial charge in [-0.1, -0.05) is 30.7 Å². The molecule has 2 unspecified atom stereocenters. The highest BCUT2D eigenvalue weighted by molar-refractivity contribution is 6.30. The van der Waals surface area contributed by atoms with Gasteiger partial charge < -0.3 is 15.7 Å². The van der Waals surface area contributed by atoms with Crippen molar-refractivity contribution in [2.75, 3.05) is 19.7 Å². The van der Waals surface area contributed by atoms with Gasteiger partial charge in [-0.3, -0.25) is 4.99 Å². The molecule has 0 fully saturated rings. The van der Waals surface area contributed by atoms with Crippen molar-refractivity contribution in [1.82, 2.24) is 10.6 Å². The SMILES string of the molecule is CCNC(=NCC(C)CO)NC(C)c1cccc(Cl)c1. The summed E-state index contributed by atoms with van der Waals surface area (Å²) in [6.45, 7) is 7.58. The molecule has 1 rings (SSSR count). The van der Waals surface area contributed by atoms with Gasteiger partial charge in [-0.05, 0) is 37.5 Å². The third-order valence-corrected chi connectivity index (χ3v) is 3.15. The van der Waals surface area contributed by atoms with E-state index in [1.54, 1.807) is 0 Å². The molecule has 0 aliphatic rings. The molecule has 0 saturated carbocycles. The van der Waals surface area contributed by atoms with Crippen molar-refractivity contribution in [3.63, 3.8) is 0 Å². The molecule has 0 aliphatic heterocycles. The summed E-state index contributed by atoms with van der Waals surface area (Å²) in [5.74, 6) is 0.909. The summed E-state index contributed by atoms with van der Waals surface area (Å²) in [4.78, 5) is 4.47. The number of hydrogen-bond acceptors (Lipinski definition) is 2. The van der Waals surface area contributed by atoms with Crippen LogP contribution in [0, 0.1) is 5.92 Å². The fourth-order valence-electron chi connectivity index (χ4n) is 1.69. The first kappa shape index (κ1) is 16.8. The number of aliphatic imine (C=N–C) groups is 1. The Balaban J connectivity index is 2.69. The van der Waals surface area contributed by atoms with Gasteiger partial charge in [-0.15, -0.1) is 0 Å². The van der Waals surface area contributed by atoms with Crippen LogP contribution >= 0.6 is 11.6 Å². The number of aliphatic hydroxyl groups excluding tert-OH is 1. The van der Waals surface area contributed by atoms with Gasteiger partial charge in [0, 0.05) is 24.7 Å². The predicted molar refractivity (Wildman–Crippen MR) is 85.2 cm³/mol. The van der Waals surface area contributed by atoms with Crippen LogP contribution < -0.4 is 10.6 Å². The number of rotatable bonds is 6. The summed E-state index contributed by atoms with van der Waals surface area (Å²) in [7, 11) is 0. The number of aliphatic hydroxyl groups is 1. The molecule has 0 amide bonds. The number of hydrogen-bond donors (Lipinski definition) is 3. The Kier molecular flexibility index (Phi) is 7.41. The summed E-state index contributed by atoms with van der Waals surface area (Å²) in [6.07, 6.45) is 0. The summed E-state index contributed by atoms with van der Waals surface area (Å²) in [6, 6.07) is 7.88. The highest BCUT2D eigenvalue weighted by atomic mass is 35.5. The van der Waals surface area contributed by atoms with Crippen molar-refractivity contribution >= 4 is 17.6 Å². The second-order valence-corrected chi connectivity index (χ2v) is 5.36. The Bertz CT molecular complexity index is 437. The van der Waals surface area contributed by atoms with Crippen molar-refractivity contribution in [2.45, 2.75) is 26.8 Å². The molecule has 3 N–H and O–H groups in total. The first-order valence-corrected chi connectivity index (χ1v) is 7.35. The monoisotopic (exact) mass is 297 g/mol. The molecular weight excluding hydrogens is 274 g/mol. The maximum Gasteiger partial charge on any atom is 0.191 e. The van der Waals surface area contributed by atoms with Crippen molar-refractivity contribution in [3.05, 3.63) is 34.9 Å². The number of nitrogens with one attached hydrogen (secondary N) is 2. The average molecular weight is 298 g/mol. The van der Waals surface area contributed by atoms with Crippen LogP contribution in [-0.2, 0) is 0 Å². The van der Waals surface area contributed by atoms with Gasteiger partial charge in [0.05, 0.1) is 6.04 Å². The molecule has 112 valence electrons. The van der Waals surface area contributed by atoms with Gasteiger partial charge in [-0.2, -0.15) is 0 Å². The van der Waals surface area contributed by atoms with Gasteiger partial charge in [0.25, 0.3) is 0 Å². The van der Waals surface area contributed by atoms with Gasteiger partial charge >= 0.3 is 0 Å². The number of benzene rings is 1. The standard InChI is InChI=1S/C15H24ClN3O/c1-4-17-15(18-9-11(2)10-20)19-12(3)13-6-5-7-14(16)8-13/h5-8,11-12,20H,4,9-10H2,1-3H3,(H2,17,18,19). The number of guanidine groups is 1. The van der Waals surface area contributed by atoms with Gasteiger partial charge in [0.2, 0.25) is 0 Å². The minimum Gasteiger partial charge on any atom is -0.396 e. The Morgan fingerprint density at radius 1 is 1.40 bits per heavy atom. The largest absolute Gasteiger partial charge is 0.396 e. The maximum absolute atomic E-state index is 9.04. The normalized spacial score (nSPS) is 14.8. The molecule has 20 heavy (non-hydrogen) atoms. The zero-order valence-corrected chi connectivity index (χ0v) is 13.1. The molecule has 1 aromatic rings. The van der Waals surface area contributed by atoms with Crippen molar-refractivity contribution in [1.29, 1.82) is 0 Å². The molecule has 0 saturated heterocycles. The van der Waals surface area contributed by atoms with Crippen LogP contribution in [-0.4, -0.2) is 30.8 Å². The van der Waals surface area contributed by atoms with E-state index in [0.29, 0.717) is 6.54 Å². The van der Waals surface area contributed by atoms with Gasteiger partial charge in [-0.25, -0.2) is 0 Å². The Labute approximate surface area is 126 Å². The van der Waals surface area contributed by atoms with E-state index < -0.39 is 0 Å². The molecule has 0 heterocycles. The molecule has 0 bridgehead atoms. The van der Waals surface area contributed by atoms with E-state index in [2.05, 4.69) is 22.5 Å². The van der Waals surface area contributed by atoms with E-state index in [-0.39, 0.29) is 18.6 Å². The molecule has 1 aromatic carbocycles. The van der Waals surface area contributed by atoms with Crippen LogP contribution in [0.4, 0.5) is 0 Å². The molecule has 5 heteroatoms. The second-order valence-electron chi connectivity index (χ2n) is 4.93. The average Bonchev–Trinajstić information content (AvgIpc) is 2.44. The molecule has 4 nitrogen and oxygen atoms in total. The lowest BCUT2D eigenvalue weighted by molar-refractivity contribution is 0.241. The number of halogens is 1. The Hall–Kier alpha value is -1.26. The van der Waals surface area contributed by atoms with E-state index in [1.165, 1.54) is 0 Å². The zero-order valence-electron chi connectivity index (χ0n) is 12.4. The second kappa shape index (κ2) is 8.82. The fourth-order valence-corrected chi connectivity index (χ4v) is 1.89.